The normalized spacial score (nSPS) is 9.86. The first-order valence-corrected chi connectivity index (χ1v) is 7.47. The molecule has 0 amide bonds. The number of hydrogen-bond acceptors (Lipinski definition) is 4. The maximum Gasteiger partial charge on any atom is 0.183 e. The molecule has 22 heavy (non-hydrogen) atoms. The molecule has 0 aliphatic heterocycles. The van der Waals surface area contributed by atoms with Crippen LogP contribution in [0.1, 0.15) is 11.3 Å². The predicted octanol–water partition coefficient (Wildman–Crippen LogP) is 3.18. The van der Waals surface area contributed by atoms with Crippen LogP contribution in [0.5, 0.6) is 0 Å². The van der Waals surface area contributed by atoms with Crippen molar-refractivity contribution in [1.82, 2.24) is 15.3 Å². The Kier molecular flexibility index (Phi) is 5.90. The van der Waals surface area contributed by atoms with Crippen molar-refractivity contribution < 1.29 is 0 Å². The van der Waals surface area contributed by atoms with E-state index in [-0.39, 0.29) is 5.69 Å². The molecule has 0 bridgehead atoms. The second-order valence-corrected chi connectivity index (χ2v) is 5.42. The Morgan fingerprint density at radius 3 is 2.59 bits per heavy atom. The number of halogens is 2. The number of thiocarbonyl (C=S) groups is 1. The van der Waals surface area contributed by atoms with Gasteiger partial charge in [0.05, 0.1) is 0 Å². The van der Waals surface area contributed by atoms with Gasteiger partial charge >= 0.3 is 0 Å². The van der Waals surface area contributed by atoms with E-state index in [2.05, 4.69) is 20.6 Å². The van der Waals surface area contributed by atoms with Crippen molar-refractivity contribution in [3.63, 3.8) is 0 Å². The average molecular weight is 352 g/mol. The van der Waals surface area contributed by atoms with Crippen LogP contribution in [-0.4, -0.2) is 21.6 Å². The molecule has 8 heteroatoms. The van der Waals surface area contributed by atoms with Crippen molar-refractivity contribution in [2.45, 2.75) is 6.42 Å². The smallest absolute Gasteiger partial charge is 0.183 e. The maximum atomic E-state index is 8.93. The van der Waals surface area contributed by atoms with Crippen LogP contribution in [0.15, 0.2) is 30.6 Å². The van der Waals surface area contributed by atoms with Crippen LogP contribution in [0.4, 0.5) is 5.82 Å². The molecule has 2 aromatic rings. The van der Waals surface area contributed by atoms with Crippen molar-refractivity contribution in [3.05, 3.63) is 51.9 Å². The lowest BCUT2D eigenvalue weighted by Gasteiger charge is -2.11. The predicted molar refractivity (Wildman–Crippen MR) is 91.1 cm³/mol. The fourth-order valence-electron chi connectivity index (χ4n) is 1.74. The number of nitrogens with zero attached hydrogens (tertiary/aromatic N) is 3. The zero-order valence-corrected chi connectivity index (χ0v) is 13.6. The first-order valence-electron chi connectivity index (χ1n) is 6.30. The third-order valence-corrected chi connectivity index (χ3v) is 3.71. The van der Waals surface area contributed by atoms with Crippen molar-refractivity contribution in [3.8, 4) is 6.07 Å². The van der Waals surface area contributed by atoms with Crippen molar-refractivity contribution in [2.75, 3.05) is 11.9 Å². The number of rotatable bonds is 4. The van der Waals surface area contributed by atoms with E-state index >= 15 is 0 Å². The van der Waals surface area contributed by atoms with Gasteiger partial charge in [0.15, 0.2) is 16.6 Å². The van der Waals surface area contributed by atoms with Gasteiger partial charge in [-0.1, -0.05) is 29.3 Å². The minimum absolute atomic E-state index is 0.181. The van der Waals surface area contributed by atoms with Crippen LogP contribution in [0.3, 0.4) is 0 Å². The Morgan fingerprint density at radius 1 is 1.23 bits per heavy atom. The monoisotopic (exact) mass is 351 g/mol. The largest absolute Gasteiger partial charge is 0.362 e. The van der Waals surface area contributed by atoms with Crippen LogP contribution in [-0.2, 0) is 6.42 Å². The maximum absolute atomic E-state index is 8.93. The number of benzene rings is 1. The standard InChI is InChI=1S/C14H11Cl2N5S/c15-10-2-1-3-11(16)9(10)4-5-20-14(22)21-13-12(8-17)18-6-7-19-13/h1-3,6-7H,4-5H2,(H2,19,20,21,22). The third kappa shape index (κ3) is 4.28. The molecule has 0 fully saturated rings. The van der Waals surface area contributed by atoms with Crippen LogP contribution in [0.2, 0.25) is 10.0 Å². The molecule has 0 spiro atoms. The average Bonchev–Trinajstić information content (AvgIpc) is 2.51. The van der Waals surface area contributed by atoms with E-state index in [1.165, 1.54) is 12.4 Å². The molecule has 1 aromatic heterocycles. The fraction of sp³-hybridized carbons (Fsp3) is 0.143. The molecule has 0 atom stereocenters. The summed E-state index contributed by atoms with van der Waals surface area (Å²) >= 11 is 17.4. The summed E-state index contributed by atoms with van der Waals surface area (Å²) in [5, 5.41) is 16.4. The molecule has 112 valence electrons. The lowest BCUT2D eigenvalue weighted by atomic mass is 10.1. The highest BCUT2D eigenvalue weighted by molar-refractivity contribution is 7.80. The van der Waals surface area contributed by atoms with E-state index in [1.54, 1.807) is 18.2 Å². The first-order chi connectivity index (χ1) is 10.6. The van der Waals surface area contributed by atoms with Gasteiger partial charge in [-0.25, -0.2) is 9.97 Å². The quantitative estimate of drug-likeness (QED) is 0.824. The Labute approximate surface area is 143 Å². The number of aromatic nitrogens is 2. The summed E-state index contributed by atoms with van der Waals surface area (Å²) in [6.45, 7) is 0.539. The van der Waals surface area contributed by atoms with Crippen molar-refractivity contribution in [2.24, 2.45) is 0 Å². The number of hydrogen-bond donors (Lipinski definition) is 2. The Hall–Kier alpha value is -1.94. The summed E-state index contributed by atoms with van der Waals surface area (Å²) in [6.07, 6.45) is 3.54. The molecule has 0 unspecified atom stereocenters. The summed E-state index contributed by atoms with van der Waals surface area (Å²) < 4.78 is 0. The molecule has 1 heterocycles. The summed E-state index contributed by atoms with van der Waals surface area (Å²) in [7, 11) is 0. The molecule has 0 aliphatic rings. The van der Waals surface area contributed by atoms with Crippen molar-refractivity contribution in [1.29, 1.82) is 5.26 Å². The second kappa shape index (κ2) is 7.90. The minimum atomic E-state index is 0.181. The van der Waals surface area contributed by atoms with Gasteiger partial charge in [0, 0.05) is 29.0 Å². The number of nitrogens with one attached hydrogen (secondary N) is 2. The van der Waals surface area contributed by atoms with Crippen LogP contribution >= 0.6 is 35.4 Å². The van der Waals surface area contributed by atoms with Gasteiger partial charge in [-0.3, -0.25) is 0 Å². The molecule has 0 saturated carbocycles. The second-order valence-electron chi connectivity index (χ2n) is 4.20. The lowest BCUT2D eigenvalue weighted by molar-refractivity contribution is 0.873. The van der Waals surface area contributed by atoms with E-state index in [4.69, 9.17) is 40.7 Å². The molecule has 0 aliphatic carbocycles. The molecule has 0 radical (unpaired) electrons. The first kappa shape index (κ1) is 16.4. The van der Waals surface area contributed by atoms with Gasteiger partial charge < -0.3 is 10.6 Å². The lowest BCUT2D eigenvalue weighted by Crippen LogP contribution is -2.31. The highest BCUT2D eigenvalue weighted by Gasteiger charge is 2.07. The zero-order valence-electron chi connectivity index (χ0n) is 11.3. The fourth-order valence-corrected chi connectivity index (χ4v) is 2.52. The zero-order chi connectivity index (χ0) is 15.9. The van der Waals surface area contributed by atoms with E-state index in [1.807, 2.05) is 6.07 Å². The van der Waals surface area contributed by atoms with Gasteiger partial charge in [0.25, 0.3) is 0 Å². The van der Waals surface area contributed by atoms with E-state index < -0.39 is 0 Å². The van der Waals surface area contributed by atoms with Gasteiger partial charge in [0.2, 0.25) is 0 Å². The SMILES string of the molecule is N#Cc1nccnc1NC(=S)NCCc1c(Cl)cccc1Cl. The molecule has 0 saturated heterocycles. The van der Waals surface area contributed by atoms with Crippen LogP contribution < -0.4 is 10.6 Å². The van der Waals surface area contributed by atoms with Crippen LogP contribution in [0, 0.1) is 11.3 Å². The van der Waals surface area contributed by atoms with E-state index in [0.29, 0.717) is 33.9 Å². The van der Waals surface area contributed by atoms with Gasteiger partial charge in [0.1, 0.15) is 6.07 Å². The summed E-state index contributed by atoms with van der Waals surface area (Å²) in [5.74, 6) is 0.318. The summed E-state index contributed by atoms with van der Waals surface area (Å²) in [6, 6.07) is 7.32. The molecular formula is C14H11Cl2N5S. The molecule has 5 nitrogen and oxygen atoms in total. The van der Waals surface area contributed by atoms with Crippen LogP contribution in [0.25, 0.3) is 0 Å². The summed E-state index contributed by atoms with van der Waals surface area (Å²) in [4.78, 5) is 7.91. The van der Waals surface area contributed by atoms with Gasteiger partial charge in [-0.05, 0) is 36.3 Å². The Morgan fingerprint density at radius 2 is 1.91 bits per heavy atom. The Balaban J connectivity index is 1.90. The third-order valence-electron chi connectivity index (χ3n) is 2.76. The van der Waals surface area contributed by atoms with Crippen molar-refractivity contribution >= 4 is 46.4 Å². The van der Waals surface area contributed by atoms with Gasteiger partial charge in [-0.2, -0.15) is 5.26 Å². The molecule has 1 aromatic carbocycles. The topological polar surface area (TPSA) is 73.6 Å². The number of anilines is 1. The minimum Gasteiger partial charge on any atom is -0.362 e. The summed E-state index contributed by atoms with van der Waals surface area (Å²) in [5.41, 5.74) is 1.04. The molecular weight excluding hydrogens is 341 g/mol. The van der Waals surface area contributed by atoms with E-state index in [9.17, 15) is 0 Å². The highest BCUT2D eigenvalue weighted by Crippen LogP contribution is 2.24. The van der Waals surface area contributed by atoms with Gasteiger partial charge in [-0.15, -0.1) is 0 Å². The highest BCUT2D eigenvalue weighted by atomic mass is 35.5. The Bertz CT molecular complexity index is 709. The van der Waals surface area contributed by atoms with E-state index in [0.717, 1.165) is 5.56 Å². The molecule has 2 rings (SSSR count). The molecule has 2 N–H and O–H groups in total. The number of nitriles is 1.